The smallest absolute Gasteiger partial charge is 0.328 e. The van der Waals surface area contributed by atoms with Crippen LogP contribution < -0.4 is 11.2 Å². The number of hydrogen-bond donors (Lipinski definition) is 3. The molecule has 3 N–H and O–H groups in total. The molecule has 9 heteroatoms. The Labute approximate surface area is 143 Å². The van der Waals surface area contributed by atoms with E-state index in [1.807, 2.05) is 6.92 Å². The molecule has 0 aromatic carbocycles. The number of amides is 1. The summed E-state index contributed by atoms with van der Waals surface area (Å²) in [6.45, 7) is 3.16. The fraction of sp³-hybridized carbons (Fsp3) is 0.625. The molecule has 2 atom stereocenters. The van der Waals surface area contributed by atoms with Crippen molar-refractivity contribution in [2.24, 2.45) is 5.41 Å². The van der Waals surface area contributed by atoms with E-state index >= 15 is 0 Å². The first-order valence-corrected chi connectivity index (χ1v) is 8.21. The van der Waals surface area contributed by atoms with E-state index in [4.69, 9.17) is 0 Å². The third kappa shape index (κ3) is 3.65. The summed E-state index contributed by atoms with van der Waals surface area (Å²) >= 11 is 0. The maximum Gasteiger partial charge on any atom is 0.328 e. The number of carbonyl (C=O) groups excluding carboxylic acids is 1. The van der Waals surface area contributed by atoms with Gasteiger partial charge in [0, 0.05) is 24.8 Å². The summed E-state index contributed by atoms with van der Waals surface area (Å²) in [5.74, 6) is -1.56. The van der Waals surface area contributed by atoms with Crippen LogP contribution in [-0.4, -0.2) is 55.7 Å². The number of carbonyl (C=O) groups is 2. The zero-order valence-electron chi connectivity index (χ0n) is 14.3. The first-order chi connectivity index (χ1) is 11.7. The van der Waals surface area contributed by atoms with Gasteiger partial charge < -0.3 is 15.1 Å². The minimum Gasteiger partial charge on any atom is -0.481 e. The largest absolute Gasteiger partial charge is 0.481 e. The highest BCUT2D eigenvalue weighted by molar-refractivity contribution is 5.80. The van der Waals surface area contributed by atoms with Crippen molar-refractivity contribution in [1.82, 2.24) is 14.5 Å². The second kappa shape index (κ2) is 7.22. The number of aliphatic carboxylic acids is 1. The maximum absolute atomic E-state index is 12.5. The van der Waals surface area contributed by atoms with Gasteiger partial charge in [0.05, 0.1) is 6.10 Å². The van der Waals surface area contributed by atoms with Crippen molar-refractivity contribution >= 4 is 11.9 Å². The molecule has 0 aliphatic carbocycles. The Hall–Kier alpha value is -2.42. The summed E-state index contributed by atoms with van der Waals surface area (Å²) in [4.78, 5) is 51.0. The molecule has 1 amide bonds. The SMILES string of the molecule is CCC[C@@]1(C(=O)O)CN(C(=O)Cn2cc(C)c(=O)[nH]c2=O)CC[C@H]1O. The molecule has 1 aromatic rings. The normalized spacial score (nSPS) is 23.5. The first-order valence-electron chi connectivity index (χ1n) is 8.21. The molecule has 1 saturated heterocycles. The minimum atomic E-state index is -1.39. The van der Waals surface area contributed by atoms with Crippen molar-refractivity contribution < 1.29 is 19.8 Å². The Kier molecular flexibility index (Phi) is 5.46. The number of H-pyrrole nitrogens is 1. The van der Waals surface area contributed by atoms with E-state index in [0.29, 0.717) is 12.0 Å². The maximum atomic E-state index is 12.5. The Morgan fingerprint density at radius 2 is 2.08 bits per heavy atom. The van der Waals surface area contributed by atoms with Gasteiger partial charge in [0.1, 0.15) is 12.0 Å². The lowest BCUT2D eigenvalue weighted by Gasteiger charge is -2.43. The van der Waals surface area contributed by atoms with Gasteiger partial charge in [0.2, 0.25) is 5.91 Å². The van der Waals surface area contributed by atoms with Crippen molar-refractivity contribution in [2.45, 2.75) is 45.8 Å². The average molecular weight is 353 g/mol. The van der Waals surface area contributed by atoms with Crippen LogP contribution in [0.4, 0.5) is 0 Å². The van der Waals surface area contributed by atoms with Crippen LogP contribution in [0, 0.1) is 12.3 Å². The van der Waals surface area contributed by atoms with Crippen LogP contribution in [0.15, 0.2) is 15.8 Å². The molecular weight excluding hydrogens is 330 g/mol. The van der Waals surface area contributed by atoms with Crippen molar-refractivity contribution in [3.05, 3.63) is 32.6 Å². The van der Waals surface area contributed by atoms with E-state index < -0.39 is 34.6 Å². The fourth-order valence-corrected chi connectivity index (χ4v) is 3.28. The number of likely N-dealkylation sites (tertiary alicyclic amines) is 1. The molecule has 25 heavy (non-hydrogen) atoms. The van der Waals surface area contributed by atoms with Gasteiger partial charge in [0.25, 0.3) is 5.56 Å². The number of aliphatic hydroxyl groups excluding tert-OH is 1. The molecule has 1 aliphatic rings. The fourth-order valence-electron chi connectivity index (χ4n) is 3.28. The lowest BCUT2D eigenvalue weighted by atomic mass is 9.74. The number of rotatable bonds is 5. The molecular formula is C16H23N3O6. The van der Waals surface area contributed by atoms with Gasteiger partial charge in [-0.25, -0.2) is 4.79 Å². The van der Waals surface area contributed by atoms with Crippen LogP contribution in [0.5, 0.6) is 0 Å². The number of hydrogen-bond acceptors (Lipinski definition) is 5. The molecule has 0 bridgehead atoms. The number of nitrogens with one attached hydrogen (secondary N) is 1. The van der Waals surface area contributed by atoms with Crippen LogP contribution in [0.2, 0.25) is 0 Å². The van der Waals surface area contributed by atoms with E-state index in [9.17, 15) is 29.4 Å². The van der Waals surface area contributed by atoms with Gasteiger partial charge in [0.15, 0.2) is 0 Å². The Morgan fingerprint density at radius 3 is 2.68 bits per heavy atom. The standard InChI is InChI=1S/C16H23N3O6/c1-3-5-16(14(23)24)9-18(6-4-11(16)20)12(21)8-19-7-10(2)13(22)17-15(19)25/h7,11,20H,3-6,8-9H2,1-2H3,(H,23,24)(H,17,22,25)/t11-,16-/m1/s1. The predicted octanol–water partition coefficient (Wildman–Crippen LogP) is -0.691. The van der Waals surface area contributed by atoms with E-state index in [0.717, 1.165) is 4.57 Å². The average Bonchev–Trinajstić information content (AvgIpc) is 2.54. The van der Waals surface area contributed by atoms with Gasteiger partial charge >= 0.3 is 11.7 Å². The minimum absolute atomic E-state index is 0.104. The van der Waals surface area contributed by atoms with E-state index in [1.165, 1.54) is 18.0 Å². The van der Waals surface area contributed by atoms with Crippen molar-refractivity contribution in [2.75, 3.05) is 13.1 Å². The van der Waals surface area contributed by atoms with Gasteiger partial charge in [-0.15, -0.1) is 0 Å². The summed E-state index contributed by atoms with van der Waals surface area (Å²) in [6.07, 6.45) is 1.26. The zero-order chi connectivity index (χ0) is 18.8. The van der Waals surface area contributed by atoms with Crippen LogP contribution in [0.1, 0.15) is 31.7 Å². The van der Waals surface area contributed by atoms with Crippen LogP contribution >= 0.6 is 0 Å². The Balaban J connectivity index is 2.22. The first kappa shape index (κ1) is 18.9. The van der Waals surface area contributed by atoms with Crippen LogP contribution in [-0.2, 0) is 16.1 Å². The summed E-state index contributed by atoms with van der Waals surface area (Å²) in [6, 6.07) is 0. The highest BCUT2D eigenvalue weighted by atomic mass is 16.4. The molecule has 0 spiro atoms. The van der Waals surface area contributed by atoms with E-state index in [2.05, 4.69) is 4.98 Å². The Bertz CT molecular complexity index is 783. The molecule has 9 nitrogen and oxygen atoms in total. The molecule has 1 fully saturated rings. The topological polar surface area (TPSA) is 133 Å². The number of aryl methyl sites for hydroxylation is 1. The van der Waals surface area contributed by atoms with Crippen LogP contribution in [0.3, 0.4) is 0 Å². The van der Waals surface area contributed by atoms with Crippen molar-refractivity contribution in [3.8, 4) is 0 Å². The molecule has 0 unspecified atom stereocenters. The summed E-state index contributed by atoms with van der Waals surface area (Å²) in [7, 11) is 0. The van der Waals surface area contributed by atoms with Gasteiger partial charge in [-0.2, -0.15) is 0 Å². The number of carboxylic acids is 1. The molecule has 1 aromatic heterocycles. The number of aromatic amines is 1. The van der Waals surface area contributed by atoms with E-state index in [1.54, 1.807) is 0 Å². The molecule has 0 saturated carbocycles. The second-order valence-electron chi connectivity index (χ2n) is 6.53. The van der Waals surface area contributed by atoms with Crippen molar-refractivity contribution in [3.63, 3.8) is 0 Å². The predicted molar refractivity (Wildman–Crippen MR) is 88.2 cm³/mol. The molecule has 2 rings (SSSR count). The third-order valence-electron chi connectivity index (χ3n) is 4.75. The summed E-state index contributed by atoms with van der Waals surface area (Å²) < 4.78 is 1.09. The lowest BCUT2D eigenvalue weighted by Crippen LogP contribution is -2.57. The quantitative estimate of drug-likeness (QED) is 0.642. The molecule has 1 aliphatic heterocycles. The third-order valence-corrected chi connectivity index (χ3v) is 4.75. The molecule has 138 valence electrons. The second-order valence-corrected chi connectivity index (χ2v) is 6.53. The van der Waals surface area contributed by atoms with Crippen molar-refractivity contribution in [1.29, 1.82) is 0 Å². The Morgan fingerprint density at radius 1 is 1.40 bits per heavy atom. The lowest BCUT2D eigenvalue weighted by molar-refractivity contribution is -0.167. The molecule has 0 radical (unpaired) electrons. The van der Waals surface area contributed by atoms with Gasteiger partial charge in [-0.05, 0) is 19.8 Å². The van der Waals surface area contributed by atoms with Gasteiger partial charge in [-0.3, -0.25) is 23.9 Å². The zero-order valence-corrected chi connectivity index (χ0v) is 14.3. The van der Waals surface area contributed by atoms with E-state index in [-0.39, 0.29) is 32.5 Å². The van der Waals surface area contributed by atoms with Crippen LogP contribution in [0.25, 0.3) is 0 Å². The summed E-state index contributed by atoms with van der Waals surface area (Å²) in [5.41, 5.74) is -2.30. The number of aromatic nitrogens is 2. The number of piperidine rings is 1. The number of carboxylic acid groups (broad SMARTS) is 1. The molecule has 2 heterocycles. The monoisotopic (exact) mass is 353 g/mol. The summed E-state index contributed by atoms with van der Waals surface area (Å²) in [5, 5.41) is 19.8. The number of aliphatic hydroxyl groups is 1. The highest BCUT2D eigenvalue weighted by Gasteiger charge is 2.49. The number of nitrogens with zero attached hydrogens (tertiary/aromatic N) is 2. The van der Waals surface area contributed by atoms with Gasteiger partial charge in [-0.1, -0.05) is 13.3 Å². The highest BCUT2D eigenvalue weighted by Crippen LogP contribution is 2.35.